The third kappa shape index (κ3) is 6.19. The number of rotatable bonds is 10. The van der Waals surface area contributed by atoms with Crippen molar-refractivity contribution in [3.8, 4) is 28.4 Å². The smallest absolute Gasteiger partial charge is 0.237 e. The second kappa shape index (κ2) is 12.1. The number of nitrogens with zero attached hydrogens (tertiary/aromatic N) is 6. The highest BCUT2D eigenvalue weighted by molar-refractivity contribution is 7.89. The molecule has 1 aliphatic rings. The van der Waals surface area contributed by atoms with Crippen molar-refractivity contribution in [1.29, 1.82) is 0 Å². The van der Waals surface area contributed by atoms with E-state index in [4.69, 9.17) is 14.7 Å². The summed E-state index contributed by atoms with van der Waals surface area (Å²) in [5, 5.41) is 13.6. The molecule has 3 heterocycles. The molecule has 2 N–H and O–H groups in total. The molecule has 11 nitrogen and oxygen atoms in total. The SMILES string of the molecule is CNC[C@@H](O)COc1cccc(-c2nc(-c3cn(S(C)(=O)=O)c4ncncc34)c(C)c(N(C)C3CCCCC3)n2)c1. The normalized spacial score (nSPS) is 15.2. The van der Waals surface area contributed by atoms with E-state index >= 15 is 0 Å². The minimum absolute atomic E-state index is 0.144. The Morgan fingerprint density at radius 2 is 2.00 bits per heavy atom. The van der Waals surface area contributed by atoms with Gasteiger partial charge in [-0.25, -0.2) is 32.3 Å². The van der Waals surface area contributed by atoms with Crippen molar-refractivity contribution in [2.75, 3.05) is 38.4 Å². The molecule has 3 aromatic heterocycles. The Hall–Kier alpha value is -3.61. The maximum absolute atomic E-state index is 12.7. The van der Waals surface area contributed by atoms with Crippen LogP contribution in [0.25, 0.3) is 33.7 Å². The molecule has 1 atom stereocenters. The Bertz CT molecular complexity index is 1630. The highest BCUT2D eigenvalue weighted by atomic mass is 32.2. The summed E-state index contributed by atoms with van der Waals surface area (Å²) >= 11 is 0. The molecule has 0 radical (unpaired) electrons. The first-order valence-electron chi connectivity index (χ1n) is 13.9. The Labute approximate surface area is 240 Å². The van der Waals surface area contributed by atoms with E-state index in [0.29, 0.717) is 46.5 Å². The van der Waals surface area contributed by atoms with Gasteiger partial charge in [-0.1, -0.05) is 31.4 Å². The lowest BCUT2D eigenvalue weighted by molar-refractivity contribution is 0.108. The third-order valence-corrected chi connectivity index (χ3v) is 8.59. The van der Waals surface area contributed by atoms with E-state index in [2.05, 4.69) is 27.2 Å². The fourth-order valence-electron chi connectivity index (χ4n) is 5.47. The Morgan fingerprint density at radius 3 is 2.73 bits per heavy atom. The highest BCUT2D eigenvalue weighted by Crippen LogP contribution is 2.37. The van der Waals surface area contributed by atoms with Crippen molar-refractivity contribution in [3.05, 3.63) is 48.5 Å². The molecule has 0 spiro atoms. The second-order valence-electron chi connectivity index (χ2n) is 10.7. The van der Waals surface area contributed by atoms with Crippen LogP contribution in [-0.2, 0) is 10.0 Å². The number of ether oxygens (including phenoxy) is 1. The van der Waals surface area contributed by atoms with Crippen LogP contribution in [0.5, 0.6) is 5.75 Å². The summed E-state index contributed by atoms with van der Waals surface area (Å²) < 4.78 is 32.3. The maximum Gasteiger partial charge on any atom is 0.237 e. The van der Waals surface area contributed by atoms with Crippen molar-refractivity contribution in [3.63, 3.8) is 0 Å². The van der Waals surface area contributed by atoms with Gasteiger partial charge in [-0.15, -0.1) is 0 Å². The predicted molar refractivity (Wildman–Crippen MR) is 160 cm³/mol. The van der Waals surface area contributed by atoms with Crippen LogP contribution in [-0.4, -0.2) is 83.1 Å². The van der Waals surface area contributed by atoms with Crippen LogP contribution >= 0.6 is 0 Å². The first-order chi connectivity index (χ1) is 19.7. The molecule has 1 aromatic carbocycles. The number of hydrogen-bond donors (Lipinski definition) is 2. The monoisotopic (exact) mass is 579 g/mol. The van der Waals surface area contributed by atoms with Gasteiger partial charge in [0, 0.05) is 54.1 Å². The maximum atomic E-state index is 12.7. The Morgan fingerprint density at radius 1 is 1.22 bits per heavy atom. The Balaban J connectivity index is 1.65. The van der Waals surface area contributed by atoms with E-state index in [0.717, 1.165) is 36.0 Å². The van der Waals surface area contributed by atoms with Crippen LogP contribution in [0.2, 0.25) is 0 Å². The fourth-order valence-corrected chi connectivity index (χ4v) is 6.23. The van der Waals surface area contributed by atoms with E-state index in [-0.39, 0.29) is 6.61 Å². The summed E-state index contributed by atoms with van der Waals surface area (Å²) in [6.07, 6.45) is 10.8. The fraction of sp³-hybridized carbons (Fsp3) is 0.448. The second-order valence-corrected chi connectivity index (χ2v) is 12.5. The molecule has 41 heavy (non-hydrogen) atoms. The lowest BCUT2D eigenvalue weighted by Crippen LogP contribution is -2.34. The molecule has 5 rings (SSSR count). The zero-order valence-electron chi connectivity index (χ0n) is 23.9. The van der Waals surface area contributed by atoms with E-state index in [1.54, 1.807) is 19.4 Å². The van der Waals surface area contributed by atoms with Crippen LogP contribution in [0.1, 0.15) is 37.7 Å². The molecule has 0 amide bonds. The summed E-state index contributed by atoms with van der Waals surface area (Å²) in [6, 6.07) is 7.82. The van der Waals surface area contributed by atoms with Gasteiger partial charge in [0.05, 0.1) is 11.9 Å². The minimum Gasteiger partial charge on any atom is -0.491 e. The van der Waals surface area contributed by atoms with Crippen molar-refractivity contribution in [1.82, 2.24) is 29.2 Å². The first kappa shape index (κ1) is 28.9. The van der Waals surface area contributed by atoms with Crippen LogP contribution in [0.3, 0.4) is 0 Å². The van der Waals surface area contributed by atoms with Crippen molar-refractivity contribution >= 4 is 26.9 Å². The van der Waals surface area contributed by atoms with Crippen molar-refractivity contribution in [2.24, 2.45) is 0 Å². The lowest BCUT2D eigenvalue weighted by Gasteiger charge is -2.33. The number of anilines is 1. The lowest BCUT2D eigenvalue weighted by atomic mass is 9.94. The number of aromatic nitrogens is 5. The largest absolute Gasteiger partial charge is 0.491 e. The van der Waals surface area contributed by atoms with Gasteiger partial charge in [0.1, 0.15) is 30.6 Å². The minimum atomic E-state index is -3.63. The van der Waals surface area contributed by atoms with Crippen molar-refractivity contribution < 1.29 is 18.3 Å². The third-order valence-electron chi connectivity index (χ3n) is 7.60. The standard InChI is InChI=1S/C29H37N7O4S/c1-19-26(25-16-36(41(4,38)39)29-24(25)15-31-18-32-29)33-27(34-28(19)35(3)21-10-6-5-7-11-21)20-9-8-12-23(13-20)40-17-22(37)14-30-2/h8-9,12-13,15-16,18,21-22,30,37H,5-7,10-11,14,17H2,1-4H3/t22-/m1/s1. The number of aliphatic hydroxyl groups is 1. The first-order valence-corrected chi connectivity index (χ1v) is 15.7. The number of aliphatic hydroxyl groups excluding tert-OH is 1. The molecule has 0 bridgehead atoms. The number of benzene rings is 1. The number of likely N-dealkylation sites (N-methyl/N-ethyl adjacent to an activating group) is 1. The van der Waals surface area contributed by atoms with Gasteiger partial charge < -0.3 is 20.1 Å². The van der Waals surface area contributed by atoms with Crippen molar-refractivity contribution in [2.45, 2.75) is 51.2 Å². The van der Waals surface area contributed by atoms with Gasteiger partial charge >= 0.3 is 0 Å². The van der Waals surface area contributed by atoms with E-state index in [1.807, 2.05) is 31.2 Å². The average Bonchev–Trinajstić information content (AvgIpc) is 3.37. The molecule has 218 valence electrons. The van der Waals surface area contributed by atoms with Gasteiger partial charge in [-0.05, 0) is 38.9 Å². The molecule has 4 aromatic rings. The van der Waals surface area contributed by atoms with E-state index < -0.39 is 16.1 Å². The zero-order chi connectivity index (χ0) is 29.1. The molecular weight excluding hydrogens is 542 g/mol. The molecule has 0 aliphatic heterocycles. The molecule has 12 heteroatoms. The number of fused-ring (bicyclic) bond motifs is 1. The van der Waals surface area contributed by atoms with Crippen LogP contribution < -0.4 is 15.0 Å². The highest BCUT2D eigenvalue weighted by Gasteiger charge is 2.26. The zero-order valence-corrected chi connectivity index (χ0v) is 24.7. The molecule has 0 saturated heterocycles. The van der Waals surface area contributed by atoms with Gasteiger partial charge in [0.15, 0.2) is 11.5 Å². The number of hydrogen-bond acceptors (Lipinski definition) is 10. The molecule has 1 fully saturated rings. The van der Waals surface area contributed by atoms with Gasteiger partial charge in [-0.2, -0.15) is 0 Å². The predicted octanol–water partition coefficient (Wildman–Crippen LogP) is 3.40. The van der Waals surface area contributed by atoms with Crippen LogP contribution in [0.4, 0.5) is 5.82 Å². The van der Waals surface area contributed by atoms with Crippen LogP contribution in [0.15, 0.2) is 43.0 Å². The summed E-state index contributed by atoms with van der Waals surface area (Å²) in [5.74, 6) is 1.87. The summed E-state index contributed by atoms with van der Waals surface area (Å²) in [6.45, 7) is 2.54. The van der Waals surface area contributed by atoms with Gasteiger partial charge in [0.2, 0.25) is 10.0 Å². The molecule has 1 aliphatic carbocycles. The number of nitrogens with one attached hydrogen (secondary N) is 1. The molecule has 1 saturated carbocycles. The Kier molecular flexibility index (Phi) is 8.52. The average molecular weight is 580 g/mol. The quantitative estimate of drug-likeness (QED) is 0.288. The van der Waals surface area contributed by atoms with Gasteiger partial charge in [0.25, 0.3) is 0 Å². The van der Waals surface area contributed by atoms with E-state index in [9.17, 15) is 13.5 Å². The molecular formula is C29H37N7O4S. The molecule has 0 unspecified atom stereocenters. The summed E-state index contributed by atoms with van der Waals surface area (Å²) in [4.78, 5) is 20.7. The summed E-state index contributed by atoms with van der Waals surface area (Å²) in [7, 11) is 0.222. The van der Waals surface area contributed by atoms with E-state index in [1.165, 1.54) is 29.6 Å². The summed E-state index contributed by atoms with van der Waals surface area (Å²) in [5.41, 5.74) is 3.13. The van der Waals surface area contributed by atoms with Gasteiger partial charge in [-0.3, -0.25) is 0 Å². The van der Waals surface area contributed by atoms with Crippen LogP contribution in [0, 0.1) is 6.92 Å². The topological polar surface area (TPSA) is 135 Å².